The number of benzene rings is 1. The van der Waals surface area contributed by atoms with Crippen LogP contribution in [0.5, 0.6) is 0 Å². The summed E-state index contributed by atoms with van der Waals surface area (Å²) in [4.78, 5) is 0. The molecule has 1 aliphatic carbocycles. The molecule has 1 aromatic rings. The molecule has 1 nitrogen and oxygen atoms in total. The van der Waals surface area contributed by atoms with Gasteiger partial charge >= 0.3 is 0 Å². The normalized spacial score (nSPS) is 31.2. The Labute approximate surface area is 85.8 Å². The van der Waals surface area contributed by atoms with Gasteiger partial charge in [0.2, 0.25) is 0 Å². The van der Waals surface area contributed by atoms with Gasteiger partial charge in [-0.05, 0) is 35.8 Å². The van der Waals surface area contributed by atoms with Gasteiger partial charge in [0, 0.05) is 0 Å². The third-order valence-corrected chi connectivity index (χ3v) is 3.55. The van der Waals surface area contributed by atoms with Crippen LogP contribution in [0.15, 0.2) is 24.3 Å². The van der Waals surface area contributed by atoms with E-state index in [1.54, 1.807) is 0 Å². The SMILES string of the molecule is CCc1ccc(C2CC(O)C2C)cc1. The summed E-state index contributed by atoms with van der Waals surface area (Å²) in [6.45, 7) is 4.30. The number of aryl methyl sites for hydroxylation is 1. The van der Waals surface area contributed by atoms with E-state index in [2.05, 4.69) is 38.1 Å². The summed E-state index contributed by atoms with van der Waals surface area (Å²) < 4.78 is 0. The second kappa shape index (κ2) is 3.74. The van der Waals surface area contributed by atoms with Gasteiger partial charge in [-0.3, -0.25) is 0 Å². The van der Waals surface area contributed by atoms with Crippen molar-refractivity contribution in [3.8, 4) is 0 Å². The van der Waals surface area contributed by atoms with Gasteiger partial charge in [0.25, 0.3) is 0 Å². The van der Waals surface area contributed by atoms with Gasteiger partial charge in [-0.2, -0.15) is 0 Å². The van der Waals surface area contributed by atoms with Crippen LogP contribution in [-0.2, 0) is 6.42 Å². The highest BCUT2D eigenvalue weighted by atomic mass is 16.3. The van der Waals surface area contributed by atoms with E-state index in [1.165, 1.54) is 11.1 Å². The van der Waals surface area contributed by atoms with E-state index in [0.29, 0.717) is 11.8 Å². The van der Waals surface area contributed by atoms with E-state index < -0.39 is 0 Å². The summed E-state index contributed by atoms with van der Waals surface area (Å²) in [7, 11) is 0. The third kappa shape index (κ3) is 1.57. The van der Waals surface area contributed by atoms with Crippen LogP contribution in [0.2, 0.25) is 0 Å². The second-order valence-electron chi connectivity index (χ2n) is 4.36. The fourth-order valence-corrected chi connectivity index (χ4v) is 2.20. The Morgan fingerprint density at radius 3 is 2.36 bits per heavy atom. The molecule has 0 aliphatic heterocycles. The molecule has 3 unspecified atom stereocenters. The lowest BCUT2D eigenvalue weighted by atomic mass is 9.69. The molecule has 1 aromatic carbocycles. The van der Waals surface area contributed by atoms with Gasteiger partial charge in [0.05, 0.1) is 6.10 Å². The van der Waals surface area contributed by atoms with Crippen LogP contribution < -0.4 is 0 Å². The van der Waals surface area contributed by atoms with Crippen molar-refractivity contribution in [3.05, 3.63) is 35.4 Å². The number of aliphatic hydroxyl groups excluding tert-OH is 1. The van der Waals surface area contributed by atoms with Crippen LogP contribution in [0.1, 0.15) is 37.3 Å². The molecule has 14 heavy (non-hydrogen) atoms. The molecule has 1 N–H and O–H groups in total. The first kappa shape index (κ1) is 9.72. The topological polar surface area (TPSA) is 20.2 Å². The average Bonchev–Trinajstić information content (AvgIpc) is 2.25. The molecule has 0 radical (unpaired) electrons. The molecule has 1 fully saturated rings. The van der Waals surface area contributed by atoms with Gasteiger partial charge in [-0.25, -0.2) is 0 Å². The summed E-state index contributed by atoms with van der Waals surface area (Å²) in [6.07, 6.45) is 1.96. The minimum absolute atomic E-state index is 0.0779. The molecule has 0 bridgehead atoms. The van der Waals surface area contributed by atoms with Crippen molar-refractivity contribution in [2.24, 2.45) is 5.92 Å². The standard InChI is InChI=1S/C13H18O/c1-3-10-4-6-11(7-5-10)12-8-13(14)9(12)2/h4-7,9,12-14H,3,8H2,1-2H3. The smallest absolute Gasteiger partial charge is 0.0577 e. The van der Waals surface area contributed by atoms with Crippen LogP contribution in [0.25, 0.3) is 0 Å². The summed E-state index contributed by atoms with van der Waals surface area (Å²) in [5, 5.41) is 9.45. The number of hydrogen-bond donors (Lipinski definition) is 1. The molecule has 1 aliphatic rings. The lowest BCUT2D eigenvalue weighted by molar-refractivity contribution is 0.0117. The minimum Gasteiger partial charge on any atom is -0.393 e. The Kier molecular flexibility index (Phi) is 2.60. The van der Waals surface area contributed by atoms with E-state index in [-0.39, 0.29) is 6.10 Å². The zero-order valence-corrected chi connectivity index (χ0v) is 8.90. The predicted molar refractivity (Wildman–Crippen MR) is 58.3 cm³/mol. The fraction of sp³-hybridized carbons (Fsp3) is 0.538. The molecule has 76 valence electrons. The molecule has 0 spiro atoms. The largest absolute Gasteiger partial charge is 0.393 e. The minimum atomic E-state index is -0.0779. The third-order valence-electron chi connectivity index (χ3n) is 3.55. The molecule has 1 saturated carbocycles. The highest BCUT2D eigenvalue weighted by molar-refractivity contribution is 5.28. The zero-order chi connectivity index (χ0) is 10.1. The molecule has 0 amide bonds. The van der Waals surface area contributed by atoms with Crippen molar-refractivity contribution < 1.29 is 5.11 Å². The molecule has 0 saturated heterocycles. The maximum atomic E-state index is 9.45. The summed E-state index contributed by atoms with van der Waals surface area (Å²) >= 11 is 0. The summed E-state index contributed by atoms with van der Waals surface area (Å²) in [5.41, 5.74) is 2.78. The van der Waals surface area contributed by atoms with E-state index in [9.17, 15) is 5.11 Å². The van der Waals surface area contributed by atoms with E-state index in [4.69, 9.17) is 0 Å². The number of aliphatic hydroxyl groups is 1. The lowest BCUT2D eigenvalue weighted by Crippen LogP contribution is -2.37. The average molecular weight is 190 g/mol. The van der Waals surface area contributed by atoms with Crippen molar-refractivity contribution >= 4 is 0 Å². The molecule has 3 atom stereocenters. The van der Waals surface area contributed by atoms with E-state index in [0.717, 1.165) is 12.8 Å². The lowest BCUT2D eigenvalue weighted by Gasteiger charge is -2.39. The first-order valence-electron chi connectivity index (χ1n) is 5.49. The highest BCUT2D eigenvalue weighted by Crippen LogP contribution is 2.42. The maximum Gasteiger partial charge on any atom is 0.0577 e. The van der Waals surface area contributed by atoms with Crippen LogP contribution in [0.3, 0.4) is 0 Å². The summed E-state index contributed by atoms with van der Waals surface area (Å²) in [5.74, 6) is 1.01. The Balaban J connectivity index is 2.10. The Bertz CT molecular complexity index is 302. The second-order valence-corrected chi connectivity index (χ2v) is 4.36. The Hall–Kier alpha value is -0.820. The first-order valence-corrected chi connectivity index (χ1v) is 5.49. The van der Waals surface area contributed by atoms with Crippen LogP contribution >= 0.6 is 0 Å². The maximum absolute atomic E-state index is 9.45. The van der Waals surface area contributed by atoms with Crippen molar-refractivity contribution in [1.29, 1.82) is 0 Å². The van der Waals surface area contributed by atoms with Gasteiger partial charge < -0.3 is 5.11 Å². The molecule has 2 rings (SSSR count). The molecule has 0 aromatic heterocycles. The van der Waals surface area contributed by atoms with Crippen molar-refractivity contribution in [1.82, 2.24) is 0 Å². The Morgan fingerprint density at radius 1 is 1.29 bits per heavy atom. The van der Waals surface area contributed by atoms with Crippen LogP contribution in [-0.4, -0.2) is 11.2 Å². The van der Waals surface area contributed by atoms with Gasteiger partial charge in [0.15, 0.2) is 0 Å². The summed E-state index contributed by atoms with van der Waals surface area (Å²) in [6, 6.07) is 8.83. The van der Waals surface area contributed by atoms with Gasteiger partial charge in [-0.1, -0.05) is 38.1 Å². The first-order chi connectivity index (χ1) is 6.72. The Morgan fingerprint density at radius 2 is 1.93 bits per heavy atom. The van der Waals surface area contributed by atoms with Crippen LogP contribution in [0, 0.1) is 5.92 Å². The van der Waals surface area contributed by atoms with Crippen LogP contribution in [0.4, 0.5) is 0 Å². The zero-order valence-electron chi connectivity index (χ0n) is 8.90. The molecular weight excluding hydrogens is 172 g/mol. The number of hydrogen-bond acceptors (Lipinski definition) is 1. The quantitative estimate of drug-likeness (QED) is 0.760. The van der Waals surface area contributed by atoms with Crippen molar-refractivity contribution in [3.63, 3.8) is 0 Å². The number of rotatable bonds is 2. The van der Waals surface area contributed by atoms with Crippen molar-refractivity contribution in [2.75, 3.05) is 0 Å². The molecule has 1 heteroatoms. The van der Waals surface area contributed by atoms with E-state index in [1.807, 2.05) is 0 Å². The highest BCUT2D eigenvalue weighted by Gasteiger charge is 2.36. The van der Waals surface area contributed by atoms with Gasteiger partial charge in [0.1, 0.15) is 0 Å². The fourth-order valence-electron chi connectivity index (χ4n) is 2.20. The van der Waals surface area contributed by atoms with Gasteiger partial charge in [-0.15, -0.1) is 0 Å². The van der Waals surface area contributed by atoms with E-state index >= 15 is 0 Å². The molecular formula is C13H18O. The van der Waals surface area contributed by atoms with Crippen molar-refractivity contribution in [2.45, 2.75) is 38.7 Å². The predicted octanol–water partition coefficient (Wildman–Crippen LogP) is 2.73. The molecule has 0 heterocycles. The monoisotopic (exact) mass is 190 g/mol.